The van der Waals surface area contributed by atoms with Crippen LogP contribution in [0.2, 0.25) is 0 Å². The summed E-state index contributed by atoms with van der Waals surface area (Å²) in [5.74, 6) is 0. The minimum Gasteiger partial charge on any atom is -0.0909 e. The van der Waals surface area contributed by atoms with Crippen LogP contribution in [-0.4, -0.2) is 23.7 Å². The molecule has 2 nitrogen and oxygen atoms in total. The van der Waals surface area contributed by atoms with E-state index < -0.39 is 0 Å². The maximum absolute atomic E-state index is 4.51. The van der Waals surface area contributed by atoms with Crippen molar-refractivity contribution in [1.29, 1.82) is 0 Å². The topological polar surface area (TPSA) is 15.4 Å². The Bertz CT molecular complexity index is 605. The molecule has 0 bridgehead atoms. The molecule has 0 amide bonds. The van der Waals surface area contributed by atoms with Crippen LogP contribution in [0.3, 0.4) is 0 Å². The van der Waals surface area contributed by atoms with Crippen molar-refractivity contribution in [2.45, 2.75) is 20.8 Å². The van der Waals surface area contributed by atoms with Crippen LogP contribution in [0.4, 0.5) is 0 Å². The largest absolute Gasteiger partial charge is 0.203 e. The second-order valence-corrected chi connectivity index (χ2v) is 4.95. The molecule has 102 valence electrons. The van der Waals surface area contributed by atoms with Crippen LogP contribution in [0.1, 0.15) is 29.2 Å². The highest BCUT2D eigenvalue weighted by Gasteiger charge is 1.99. The Morgan fingerprint density at radius 1 is 0.850 bits per heavy atom. The van der Waals surface area contributed by atoms with Gasteiger partial charge in [0.05, 0.1) is 0 Å². The van der Waals surface area contributed by atoms with E-state index in [1.807, 2.05) is 10.9 Å². The third kappa shape index (κ3) is 4.16. The van der Waals surface area contributed by atoms with Crippen LogP contribution in [0, 0.1) is 13.8 Å². The Hall–Kier alpha value is -2.22. The first kappa shape index (κ1) is 14.2. The molecule has 0 aromatic heterocycles. The highest BCUT2D eigenvalue weighted by atomic mass is 15.4. The predicted molar refractivity (Wildman–Crippen MR) is 85.9 cm³/mol. The molecule has 0 saturated heterocycles. The Morgan fingerprint density at radius 3 is 1.85 bits per heavy atom. The lowest BCUT2D eigenvalue weighted by Crippen LogP contribution is -2.06. The number of nitrogens with zero attached hydrogens (tertiary/aromatic N) is 2. The summed E-state index contributed by atoms with van der Waals surface area (Å²) in [6.07, 6.45) is 3.96. The van der Waals surface area contributed by atoms with Gasteiger partial charge in [-0.1, -0.05) is 52.2 Å². The maximum Gasteiger partial charge on any atom is 0.203 e. The third-order valence-corrected chi connectivity index (χ3v) is 3.13. The molecule has 0 spiro atoms. The molecule has 2 rings (SSSR count). The van der Waals surface area contributed by atoms with Gasteiger partial charge in [0.15, 0.2) is 6.54 Å². The van der Waals surface area contributed by atoms with Crippen LogP contribution in [0.5, 0.6) is 0 Å². The number of benzene rings is 2. The number of hydrogen-bond donors (Lipinski definition) is 0. The number of hydrogen-bond acceptors (Lipinski definition) is 1. The summed E-state index contributed by atoms with van der Waals surface area (Å²) in [6, 6.07) is 16.8. The molecular weight excluding hydrogens is 244 g/mol. The minimum atomic E-state index is 0.843. The van der Waals surface area contributed by atoms with Crippen LogP contribution < -0.4 is 0 Å². The summed E-state index contributed by atoms with van der Waals surface area (Å²) in [4.78, 5) is 0. The maximum atomic E-state index is 4.51. The molecule has 0 radical (unpaired) electrons. The molecule has 0 saturated carbocycles. The van der Waals surface area contributed by atoms with E-state index in [2.05, 4.69) is 80.6 Å². The van der Waals surface area contributed by atoms with Gasteiger partial charge in [0, 0.05) is 5.56 Å². The van der Waals surface area contributed by atoms with Crippen LogP contribution >= 0.6 is 0 Å². The van der Waals surface area contributed by atoms with E-state index in [0.717, 1.165) is 12.1 Å². The summed E-state index contributed by atoms with van der Waals surface area (Å²) >= 11 is 0. The highest BCUT2D eigenvalue weighted by Crippen LogP contribution is 2.02. The molecule has 20 heavy (non-hydrogen) atoms. The Kier molecular flexibility index (Phi) is 4.83. The van der Waals surface area contributed by atoms with E-state index in [4.69, 9.17) is 0 Å². The van der Waals surface area contributed by atoms with Crippen molar-refractivity contribution in [3.63, 3.8) is 0 Å². The van der Waals surface area contributed by atoms with E-state index in [-0.39, 0.29) is 0 Å². The molecule has 2 aromatic rings. The molecule has 0 unspecified atom stereocenters. The van der Waals surface area contributed by atoms with E-state index in [1.165, 1.54) is 16.7 Å². The standard InChI is InChI=1S/C18H21N2/c1-4-20(14-18-11-7-16(3)8-12-18)19-13-17-9-5-15(2)6-10-17/h5-14H,4H2,1-3H3/q+1. The zero-order chi connectivity index (χ0) is 14.4. The molecular formula is C18H21N2+. The second kappa shape index (κ2) is 6.80. The fourth-order valence-electron chi connectivity index (χ4n) is 1.82. The van der Waals surface area contributed by atoms with Crippen LogP contribution in [0.25, 0.3) is 0 Å². The third-order valence-electron chi connectivity index (χ3n) is 3.13. The second-order valence-electron chi connectivity index (χ2n) is 4.95. The van der Waals surface area contributed by atoms with Crippen molar-refractivity contribution in [2.24, 2.45) is 5.10 Å². The zero-order valence-corrected chi connectivity index (χ0v) is 12.4. The van der Waals surface area contributed by atoms with Crippen molar-refractivity contribution in [2.75, 3.05) is 6.54 Å². The van der Waals surface area contributed by atoms with Crippen molar-refractivity contribution in [3.05, 3.63) is 70.8 Å². The predicted octanol–water partition coefficient (Wildman–Crippen LogP) is 3.79. The molecule has 0 aliphatic carbocycles. The van der Waals surface area contributed by atoms with Gasteiger partial charge in [0.1, 0.15) is 6.21 Å². The van der Waals surface area contributed by atoms with E-state index in [0.29, 0.717) is 0 Å². The van der Waals surface area contributed by atoms with Gasteiger partial charge in [0.25, 0.3) is 0 Å². The quantitative estimate of drug-likeness (QED) is 0.454. The molecule has 0 N–H and O–H groups in total. The fraction of sp³-hybridized carbons (Fsp3) is 0.222. The zero-order valence-electron chi connectivity index (χ0n) is 12.4. The van der Waals surface area contributed by atoms with Gasteiger partial charge in [-0.15, -0.1) is 0 Å². The Labute approximate surface area is 121 Å². The van der Waals surface area contributed by atoms with Gasteiger partial charge in [-0.05, 0) is 43.6 Å². The van der Waals surface area contributed by atoms with Gasteiger partial charge in [-0.2, -0.15) is 0 Å². The summed E-state index contributed by atoms with van der Waals surface area (Å²) in [5.41, 5.74) is 4.82. The summed E-state index contributed by atoms with van der Waals surface area (Å²) < 4.78 is 1.95. The lowest BCUT2D eigenvalue weighted by Gasteiger charge is -1.95. The van der Waals surface area contributed by atoms with Crippen LogP contribution in [0.15, 0.2) is 53.6 Å². The van der Waals surface area contributed by atoms with Gasteiger partial charge in [-0.25, -0.2) is 0 Å². The highest BCUT2D eigenvalue weighted by molar-refractivity contribution is 5.80. The van der Waals surface area contributed by atoms with Gasteiger partial charge in [-0.3, -0.25) is 0 Å². The van der Waals surface area contributed by atoms with Crippen molar-refractivity contribution in [1.82, 2.24) is 0 Å². The summed E-state index contributed by atoms with van der Waals surface area (Å²) in [6.45, 7) is 7.12. The fourth-order valence-corrected chi connectivity index (χ4v) is 1.82. The molecule has 0 fully saturated rings. The van der Waals surface area contributed by atoms with Crippen molar-refractivity contribution in [3.8, 4) is 0 Å². The minimum absolute atomic E-state index is 0.843. The lowest BCUT2D eigenvalue weighted by atomic mass is 10.2. The summed E-state index contributed by atoms with van der Waals surface area (Å²) in [5, 5.41) is 4.51. The van der Waals surface area contributed by atoms with Crippen molar-refractivity contribution >= 4 is 12.4 Å². The van der Waals surface area contributed by atoms with Gasteiger partial charge < -0.3 is 0 Å². The molecule has 0 aliphatic rings. The average molecular weight is 265 g/mol. The molecule has 2 heteroatoms. The van der Waals surface area contributed by atoms with Gasteiger partial charge >= 0.3 is 0 Å². The van der Waals surface area contributed by atoms with Crippen molar-refractivity contribution < 1.29 is 4.68 Å². The van der Waals surface area contributed by atoms with E-state index in [1.54, 1.807) is 0 Å². The lowest BCUT2D eigenvalue weighted by molar-refractivity contribution is -0.524. The van der Waals surface area contributed by atoms with Gasteiger partial charge in [0.2, 0.25) is 6.21 Å². The monoisotopic (exact) mass is 265 g/mol. The Morgan fingerprint density at radius 2 is 1.35 bits per heavy atom. The number of hydrazone groups is 1. The first-order valence-corrected chi connectivity index (χ1v) is 6.96. The normalized spacial score (nSPS) is 12.1. The molecule has 2 aromatic carbocycles. The first-order chi connectivity index (χ1) is 9.67. The molecule has 0 heterocycles. The molecule has 0 atom stereocenters. The number of aryl methyl sites for hydroxylation is 2. The SMILES string of the molecule is CC[N+](=Cc1ccc(C)cc1)N=Cc1ccc(C)cc1. The first-order valence-electron chi connectivity index (χ1n) is 6.96. The van der Waals surface area contributed by atoms with Crippen LogP contribution in [-0.2, 0) is 0 Å². The molecule has 0 aliphatic heterocycles. The summed E-state index contributed by atoms with van der Waals surface area (Å²) in [7, 11) is 0. The number of rotatable bonds is 4. The van der Waals surface area contributed by atoms with E-state index in [9.17, 15) is 0 Å². The smallest absolute Gasteiger partial charge is 0.0909 e. The Balaban J connectivity index is 2.15. The average Bonchev–Trinajstić information content (AvgIpc) is 2.47. The van der Waals surface area contributed by atoms with E-state index >= 15 is 0 Å².